The summed E-state index contributed by atoms with van der Waals surface area (Å²) in [5.41, 5.74) is 1.03. The lowest BCUT2D eigenvalue weighted by atomic mass is 9.59. The van der Waals surface area contributed by atoms with E-state index in [2.05, 4.69) is 17.9 Å². The highest BCUT2D eigenvalue weighted by Gasteiger charge is 2.43. The van der Waals surface area contributed by atoms with Gasteiger partial charge in [0.1, 0.15) is 6.10 Å². The summed E-state index contributed by atoms with van der Waals surface area (Å²) in [5.74, 6) is 0.473. The fourth-order valence-electron chi connectivity index (χ4n) is 3.93. The van der Waals surface area contributed by atoms with Gasteiger partial charge in [-0.3, -0.25) is 10.1 Å². The number of carboxylic acid groups (broad SMARTS) is 1. The molecule has 0 aromatic carbocycles. The third kappa shape index (κ3) is 2.70. The maximum absolute atomic E-state index is 11.3. The number of carboxylic acids is 1. The molecular weight excluding hydrogens is 244 g/mol. The molecule has 4 heteroatoms. The van der Waals surface area contributed by atoms with Gasteiger partial charge in [-0.1, -0.05) is 26.3 Å². The summed E-state index contributed by atoms with van der Waals surface area (Å²) in [6, 6.07) is 0. The van der Waals surface area contributed by atoms with E-state index in [1.165, 1.54) is 0 Å². The van der Waals surface area contributed by atoms with Crippen LogP contribution in [-0.2, 0) is 9.68 Å². The monoisotopic (exact) mass is 268 g/mol. The zero-order chi connectivity index (χ0) is 14.2. The molecule has 0 aromatic heterocycles. The van der Waals surface area contributed by atoms with Gasteiger partial charge in [-0.05, 0) is 49.0 Å². The maximum atomic E-state index is 11.3. The molecule has 1 saturated carbocycles. The Balaban J connectivity index is 2.26. The molecule has 2 N–H and O–H groups in total. The molecule has 0 saturated heterocycles. The zero-order valence-electron chi connectivity index (χ0n) is 11.9. The van der Waals surface area contributed by atoms with Gasteiger partial charge < -0.3 is 5.11 Å². The summed E-state index contributed by atoms with van der Waals surface area (Å²) in [5, 5.41) is 18.2. The second-order valence-electron chi connectivity index (χ2n) is 6.33. The minimum atomic E-state index is -0.704. The first kappa shape index (κ1) is 14.5. The normalized spacial score (nSPS) is 40.2. The van der Waals surface area contributed by atoms with E-state index in [1.54, 1.807) is 0 Å². The molecule has 0 spiro atoms. The molecule has 108 valence electrons. The summed E-state index contributed by atoms with van der Waals surface area (Å²) in [6.07, 6.45) is 4.77. The quantitative estimate of drug-likeness (QED) is 0.468. The van der Waals surface area contributed by atoms with E-state index in [-0.39, 0.29) is 17.9 Å². The molecule has 0 aliphatic heterocycles. The van der Waals surface area contributed by atoms with E-state index < -0.39 is 5.97 Å². The van der Waals surface area contributed by atoms with Gasteiger partial charge in [0.25, 0.3) is 0 Å². The SMILES string of the molecule is CC1=C[C@H]2[C@@H](C[C@H]1OO)[C@H](C)CC[C@H]2[C@@H](C)C(=O)O. The number of hydrogen-bond donors (Lipinski definition) is 2. The summed E-state index contributed by atoms with van der Waals surface area (Å²) in [7, 11) is 0. The summed E-state index contributed by atoms with van der Waals surface area (Å²) >= 11 is 0. The number of rotatable bonds is 3. The van der Waals surface area contributed by atoms with Crippen LogP contribution in [-0.4, -0.2) is 22.4 Å². The summed E-state index contributed by atoms with van der Waals surface area (Å²) < 4.78 is 0. The summed E-state index contributed by atoms with van der Waals surface area (Å²) in [6.45, 7) is 6.00. The zero-order valence-corrected chi connectivity index (χ0v) is 11.9. The first-order valence-corrected chi connectivity index (χ1v) is 7.17. The lowest BCUT2D eigenvalue weighted by Crippen LogP contribution is -2.42. The van der Waals surface area contributed by atoms with Crippen LogP contribution in [0.5, 0.6) is 0 Å². The minimum absolute atomic E-state index is 0.202. The number of allylic oxidation sites excluding steroid dienone is 1. The Morgan fingerprint density at radius 3 is 2.74 bits per heavy atom. The van der Waals surface area contributed by atoms with Crippen LogP contribution in [0.4, 0.5) is 0 Å². The largest absolute Gasteiger partial charge is 0.481 e. The minimum Gasteiger partial charge on any atom is -0.481 e. The van der Waals surface area contributed by atoms with E-state index in [0.717, 1.165) is 24.8 Å². The molecular formula is C15H24O4. The van der Waals surface area contributed by atoms with Crippen molar-refractivity contribution in [2.45, 2.75) is 46.1 Å². The second kappa shape index (κ2) is 5.63. The Labute approximate surface area is 114 Å². The summed E-state index contributed by atoms with van der Waals surface area (Å²) in [4.78, 5) is 15.8. The Kier molecular flexibility index (Phi) is 4.31. The first-order valence-electron chi connectivity index (χ1n) is 7.17. The third-order valence-electron chi connectivity index (χ3n) is 5.28. The lowest BCUT2D eigenvalue weighted by molar-refractivity contribution is -0.275. The Morgan fingerprint density at radius 2 is 2.16 bits per heavy atom. The molecule has 0 aromatic rings. The molecule has 19 heavy (non-hydrogen) atoms. The van der Waals surface area contributed by atoms with E-state index in [4.69, 9.17) is 5.26 Å². The van der Waals surface area contributed by atoms with Crippen molar-refractivity contribution < 1.29 is 20.0 Å². The average Bonchev–Trinajstić information content (AvgIpc) is 2.38. The van der Waals surface area contributed by atoms with Gasteiger partial charge in [0, 0.05) is 0 Å². The number of hydrogen-bond acceptors (Lipinski definition) is 3. The Hall–Kier alpha value is -0.870. The molecule has 1 fully saturated rings. The molecule has 0 unspecified atom stereocenters. The van der Waals surface area contributed by atoms with Crippen LogP contribution in [0.1, 0.15) is 40.0 Å². The van der Waals surface area contributed by atoms with Crippen LogP contribution in [0, 0.1) is 29.6 Å². The van der Waals surface area contributed by atoms with Crippen molar-refractivity contribution in [3.05, 3.63) is 11.6 Å². The Morgan fingerprint density at radius 1 is 1.47 bits per heavy atom. The molecule has 2 aliphatic rings. The maximum Gasteiger partial charge on any atom is 0.306 e. The van der Waals surface area contributed by atoms with Gasteiger partial charge >= 0.3 is 5.97 Å². The van der Waals surface area contributed by atoms with Gasteiger partial charge in [-0.15, -0.1) is 0 Å². The topological polar surface area (TPSA) is 66.8 Å². The van der Waals surface area contributed by atoms with Crippen molar-refractivity contribution in [2.24, 2.45) is 29.6 Å². The van der Waals surface area contributed by atoms with Crippen LogP contribution < -0.4 is 0 Å². The van der Waals surface area contributed by atoms with Crippen LogP contribution >= 0.6 is 0 Å². The molecule has 0 bridgehead atoms. The van der Waals surface area contributed by atoms with Crippen molar-refractivity contribution in [3.8, 4) is 0 Å². The van der Waals surface area contributed by atoms with E-state index in [0.29, 0.717) is 17.8 Å². The smallest absolute Gasteiger partial charge is 0.306 e. The van der Waals surface area contributed by atoms with Crippen LogP contribution in [0.25, 0.3) is 0 Å². The van der Waals surface area contributed by atoms with Crippen molar-refractivity contribution in [1.29, 1.82) is 0 Å². The predicted octanol–water partition coefficient (Wildman–Crippen LogP) is 3.19. The van der Waals surface area contributed by atoms with Crippen molar-refractivity contribution in [3.63, 3.8) is 0 Å². The second-order valence-corrected chi connectivity index (χ2v) is 6.33. The molecule has 0 heterocycles. The lowest BCUT2D eigenvalue weighted by Gasteiger charge is -2.46. The highest BCUT2D eigenvalue weighted by atomic mass is 17.1. The molecule has 2 rings (SSSR count). The van der Waals surface area contributed by atoms with Gasteiger partial charge in [-0.2, -0.15) is 0 Å². The standard InChI is InChI=1S/C15H24O4/c1-8-4-5-11(10(3)15(16)17)13-6-9(2)14(19-18)7-12(8)13/h6,8,10-14,18H,4-5,7H2,1-3H3,(H,16,17)/t8-,10-,11+,12+,13-,14-/m1/s1. The third-order valence-corrected chi connectivity index (χ3v) is 5.28. The van der Waals surface area contributed by atoms with Crippen molar-refractivity contribution in [1.82, 2.24) is 0 Å². The molecule has 0 radical (unpaired) electrons. The number of fused-ring (bicyclic) bond motifs is 1. The van der Waals surface area contributed by atoms with E-state index in [1.807, 2.05) is 13.8 Å². The van der Waals surface area contributed by atoms with Crippen molar-refractivity contribution in [2.75, 3.05) is 0 Å². The highest BCUT2D eigenvalue weighted by molar-refractivity contribution is 5.70. The number of aliphatic carboxylic acids is 1. The molecule has 4 nitrogen and oxygen atoms in total. The van der Waals surface area contributed by atoms with E-state index >= 15 is 0 Å². The highest BCUT2D eigenvalue weighted by Crippen LogP contribution is 2.48. The van der Waals surface area contributed by atoms with Crippen LogP contribution in [0.3, 0.4) is 0 Å². The van der Waals surface area contributed by atoms with Gasteiger partial charge in [0.2, 0.25) is 0 Å². The molecule has 0 amide bonds. The van der Waals surface area contributed by atoms with Gasteiger partial charge in [0.15, 0.2) is 0 Å². The average molecular weight is 268 g/mol. The number of carbonyl (C=O) groups is 1. The van der Waals surface area contributed by atoms with Gasteiger partial charge in [-0.25, -0.2) is 4.89 Å². The van der Waals surface area contributed by atoms with Crippen molar-refractivity contribution >= 4 is 5.97 Å². The Bertz CT molecular complexity index is 376. The van der Waals surface area contributed by atoms with Crippen LogP contribution in [0.15, 0.2) is 11.6 Å². The fourth-order valence-corrected chi connectivity index (χ4v) is 3.93. The van der Waals surface area contributed by atoms with Crippen LogP contribution in [0.2, 0.25) is 0 Å². The molecule has 6 atom stereocenters. The first-order chi connectivity index (χ1) is 8.95. The van der Waals surface area contributed by atoms with Gasteiger partial charge in [0.05, 0.1) is 5.92 Å². The van der Waals surface area contributed by atoms with E-state index in [9.17, 15) is 9.90 Å². The molecule has 2 aliphatic carbocycles. The predicted molar refractivity (Wildman–Crippen MR) is 71.5 cm³/mol. The fraction of sp³-hybridized carbons (Fsp3) is 0.800.